The Hall–Kier alpha value is -1.03. The molecule has 0 bridgehead atoms. The Balaban J connectivity index is 2.19. The van der Waals surface area contributed by atoms with Crippen molar-refractivity contribution < 1.29 is 9.90 Å². The Morgan fingerprint density at radius 1 is 1.73 bits per heavy atom. The molecule has 1 heterocycles. The van der Waals surface area contributed by atoms with Crippen LogP contribution in [0.15, 0.2) is 16.8 Å². The smallest absolute Gasteiger partial charge is 0.305 e. The van der Waals surface area contributed by atoms with Gasteiger partial charge in [0.1, 0.15) is 0 Å². The number of carboxylic acid groups (broad SMARTS) is 1. The van der Waals surface area contributed by atoms with Crippen LogP contribution in [0.2, 0.25) is 0 Å². The van der Waals surface area contributed by atoms with Crippen LogP contribution >= 0.6 is 11.3 Å². The number of carboxylic acids is 1. The molecular formula is C7H9NO2S. The van der Waals surface area contributed by atoms with E-state index in [0.29, 0.717) is 6.54 Å². The Morgan fingerprint density at radius 3 is 3.09 bits per heavy atom. The van der Waals surface area contributed by atoms with Gasteiger partial charge in [-0.15, -0.1) is 0 Å². The number of aliphatic carboxylic acids is 1. The first-order valence-electron chi connectivity index (χ1n) is 3.27. The molecule has 1 rings (SSSR count). The number of carbonyl (C=O) groups is 1. The first-order valence-corrected chi connectivity index (χ1v) is 4.21. The van der Waals surface area contributed by atoms with Crippen molar-refractivity contribution >= 4 is 23.0 Å². The van der Waals surface area contributed by atoms with E-state index >= 15 is 0 Å². The molecule has 0 radical (unpaired) electrons. The molecule has 60 valence electrons. The number of nitrogens with one attached hydrogen (secondary N) is 1. The highest BCUT2D eigenvalue weighted by Gasteiger charge is 1.95. The molecule has 4 heteroatoms. The highest BCUT2D eigenvalue weighted by Crippen LogP contribution is 2.10. The summed E-state index contributed by atoms with van der Waals surface area (Å²) in [4.78, 5) is 10.1. The lowest BCUT2D eigenvalue weighted by Gasteiger charge is -1.98. The normalized spacial score (nSPS) is 9.45. The van der Waals surface area contributed by atoms with Gasteiger partial charge >= 0.3 is 5.97 Å². The number of thiophene rings is 1. The quantitative estimate of drug-likeness (QED) is 0.724. The second-order valence-corrected chi connectivity index (χ2v) is 2.86. The number of anilines is 1. The van der Waals surface area contributed by atoms with E-state index in [-0.39, 0.29) is 6.42 Å². The number of hydrogen-bond donors (Lipinski definition) is 2. The second-order valence-electron chi connectivity index (χ2n) is 2.08. The maximum Gasteiger partial charge on any atom is 0.305 e. The van der Waals surface area contributed by atoms with Gasteiger partial charge in [0.2, 0.25) is 0 Å². The molecule has 3 nitrogen and oxygen atoms in total. The highest BCUT2D eigenvalue weighted by atomic mass is 32.1. The minimum absolute atomic E-state index is 0.163. The van der Waals surface area contributed by atoms with Gasteiger partial charge in [-0.2, -0.15) is 11.3 Å². The third-order valence-electron chi connectivity index (χ3n) is 1.19. The first kappa shape index (κ1) is 8.07. The van der Waals surface area contributed by atoms with Crippen molar-refractivity contribution in [1.29, 1.82) is 0 Å². The Kier molecular flexibility index (Phi) is 2.92. The fourth-order valence-electron chi connectivity index (χ4n) is 0.679. The molecule has 0 spiro atoms. The van der Waals surface area contributed by atoms with E-state index in [0.717, 1.165) is 5.69 Å². The van der Waals surface area contributed by atoms with E-state index in [4.69, 9.17) is 5.11 Å². The second kappa shape index (κ2) is 3.98. The molecule has 1 aromatic rings. The van der Waals surface area contributed by atoms with E-state index in [9.17, 15) is 4.79 Å². The first-order chi connectivity index (χ1) is 5.29. The van der Waals surface area contributed by atoms with Crippen LogP contribution in [0, 0.1) is 0 Å². The molecule has 1 aromatic heterocycles. The zero-order chi connectivity index (χ0) is 8.10. The molecule has 0 saturated carbocycles. The van der Waals surface area contributed by atoms with Crippen LogP contribution in [0.25, 0.3) is 0 Å². The van der Waals surface area contributed by atoms with E-state index in [1.807, 2.05) is 16.8 Å². The summed E-state index contributed by atoms with van der Waals surface area (Å²) in [6, 6.07) is 1.92. The predicted molar refractivity (Wildman–Crippen MR) is 45.1 cm³/mol. The van der Waals surface area contributed by atoms with E-state index in [1.165, 1.54) is 0 Å². The van der Waals surface area contributed by atoms with Gasteiger partial charge in [0.15, 0.2) is 0 Å². The standard InChI is InChI=1S/C7H9NO2S/c9-7(10)1-3-8-6-2-4-11-5-6/h2,4-5,8H,1,3H2,(H,9,10). The van der Waals surface area contributed by atoms with Gasteiger partial charge in [0.05, 0.1) is 6.42 Å². The summed E-state index contributed by atoms with van der Waals surface area (Å²) in [7, 11) is 0. The SMILES string of the molecule is O=C(O)CCNc1ccsc1. The summed E-state index contributed by atoms with van der Waals surface area (Å²) >= 11 is 1.59. The van der Waals surface area contributed by atoms with Crippen LogP contribution in [0.5, 0.6) is 0 Å². The monoisotopic (exact) mass is 171 g/mol. The van der Waals surface area contributed by atoms with Crippen LogP contribution < -0.4 is 5.32 Å². The summed E-state index contributed by atoms with van der Waals surface area (Å²) < 4.78 is 0. The Bertz CT molecular complexity index is 220. The molecule has 0 aliphatic carbocycles. The molecule has 2 N–H and O–H groups in total. The van der Waals surface area contributed by atoms with Gasteiger partial charge in [0, 0.05) is 17.6 Å². The van der Waals surface area contributed by atoms with Gasteiger partial charge in [-0.3, -0.25) is 4.79 Å². The van der Waals surface area contributed by atoms with Crippen LogP contribution in [-0.2, 0) is 4.79 Å². The Morgan fingerprint density at radius 2 is 2.55 bits per heavy atom. The van der Waals surface area contributed by atoms with Crippen LogP contribution in [0.3, 0.4) is 0 Å². The van der Waals surface area contributed by atoms with Gasteiger partial charge in [-0.05, 0) is 11.4 Å². The summed E-state index contributed by atoms with van der Waals surface area (Å²) in [6.07, 6.45) is 0.163. The van der Waals surface area contributed by atoms with Crippen molar-refractivity contribution in [3.8, 4) is 0 Å². The van der Waals surface area contributed by atoms with E-state index in [2.05, 4.69) is 5.32 Å². The van der Waals surface area contributed by atoms with Crippen molar-refractivity contribution in [3.63, 3.8) is 0 Å². The molecule has 0 fully saturated rings. The fraction of sp³-hybridized carbons (Fsp3) is 0.286. The number of rotatable bonds is 4. The van der Waals surface area contributed by atoms with E-state index < -0.39 is 5.97 Å². The third kappa shape index (κ3) is 3.04. The largest absolute Gasteiger partial charge is 0.481 e. The third-order valence-corrected chi connectivity index (χ3v) is 1.87. The lowest BCUT2D eigenvalue weighted by atomic mass is 10.4. The average Bonchev–Trinajstić information content (AvgIpc) is 2.39. The molecule has 0 atom stereocenters. The minimum Gasteiger partial charge on any atom is -0.481 e. The lowest BCUT2D eigenvalue weighted by molar-refractivity contribution is -0.136. The van der Waals surface area contributed by atoms with Crippen molar-refractivity contribution in [2.75, 3.05) is 11.9 Å². The van der Waals surface area contributed by atoms with Gasteiger partial charge in [-0.1, -0.05) is 0 Å². The van der Waals surface area contributed by atoms with Crippen molar-refractivity contribution in [2.24, 2.45) is 0 Å². The molecule has 11 heavy (non-hydrogen) atoms. The Labute approximate surface area is 68.7 Å². The van der Waals surface area contributed by atoms with Gasteiger partial charge < -0.3 is 10.4 Å². The predicted octanol–water partition coefficient (Wildman–Crippen LogP) is 1.63. The van der Waals surface area contributed by atoms with Crippen LogP contribution in [-0.4, -0.2) is 17.6 Å². The average molecular weight is 171 g/mol. The summed E-state index contributed by atoms with van der Waals surface area (Å²) in [5.41, 5.74) is 0.997. The molecule has 0 saturated heterocycles. The molecular weight excluding hydrogens is 162 g/mol. The molecule has 0 aromatic carbocycles. The van der Waals surface area contributed by atoms with Crippen LogP contribution in [0.4, 0.5) is 5.69 Å². The lowest BCUT2D eigenvalue weighted by Crippen LogP contribution is -2.06. The molecule has 0 amide bonds. The zero-order valence-electron chi connectivity index (χ0n) is 5.91. The highest BCUT2D eigenvalue weighted by molar-refractivity contribution is 7.08. The summed E-state index contributed by atoms with van der Waals surface area (Å²) in [5, 5.41) is 15.2. The van der Waals surface area contributed by atoms with Crippen LogP contribution in [0.1, 0.15) is 6.42 Å². The maximum atomic E-state index is 10.1. The maximum absolute atomic E-state index is 10.1. The summed E-state index contributed by atoms with van der Waals surface area (Å²) in [5.74, 6) is -0.771. The zero-order valence-corrected chi connectivity index (χ0v) is 6.73. The molecule has 0 aliphatic heterocycles. The van der Waals surface area contributed by atoms with Crippen molar-refractivity contribution in [2.45, 2.75) is 6.42 Å². The van der Waals surface area contributed by atoms with Crippen molar-refractivity contribution in [3.05, 3.63) is 16.8 Å². The van der Waals surface area contributed by atoms with Gasteiger partial charge in [-0.25, -0.2) is 0 Å². The minimum atomic E-state index is -0.771. The summed E-state index contributed by atoms with van der Waals surface area (Å²) in [6.45, 7) is 0.492. The number of hydrogen-bond acceptors (Lipinski definition) is 3. The topological polar surface area (TPSA) is 49.3 Å². The van der Waals surface area contributed by atoms with Gasteiger partial charge in [0.25, 0.3) is 0 Å². The molecule has 0 aliphatic rings. The van der Waals surface area contributed by atoms with E-state index in [1.54, 1.807) is 11.3 Å². The van der Waals surface area contributed by atoms with Crippen molar-refractivity contribution in [1.82, 2.24) is 0 Å². The molecule has 0 unspecified atom stereocenters. The fourth-order valence-corrected chi connectivity index (χ4v) is 1.29.